The normalized spacial score (nSPS) is 22.6. The summed E-state index contributed by atoms with van der Waals surface area (Å²) in [7, 11) is 0. The average Bonchev–Trinajstić information content (AvgIpc) is 2.53. The molecule has 1 aromatic carbocycles. The minimum absolute atomic E-state index is 0.0305. The Labute approximate surface area is 106 Å². The topological polar surface area (TPSA) is 101 Å². The molecule has 1 aliphatic rings. The highest BCUT2D eigenvalue weighted by Crippen LogP contribution is 2.31. The van der Waals surface area contributed by atoms with Crippen LogP contribution in [0.2, 0.25) is 5.02 Å². The first-order valence-corrected chi connectivity index (χ1v) is 5.30. The van der Waals surface area contributed by atoms with Gasteiger partial charge in [0.25, 0.3) is 11.6 Å². The van der Waals surface area contributed by atoms with Crippen molar-refractivity contribution in [2.45, 2.75) is 12.5 Å². The molecule has 2 N–H and O–H groups in total. The maximum absolute atomic E-state index is 11.7. The number of halogens is 1. The average molecular weight is 270 g/mol. The van der Waals surface area contributed by atoms with Crippen LogP contribution >= 0.6 is 11.6 Å². The van der Waals surface area contributed by atoms with Gasteiger partial charge in [0.05, 0.1) is 4.92 Å². The van der Waals surface area contributed by atoms with Crippen molar-refractivity contribution in [1.82, 2.24) is 10.6 Å². The summed E-state index contributed by atoms with van der Waals surface area (Å²) in [6, 6.07) is 3.31. The van der Waals surface area contributed by atoms with Crippen molar-refractivity contribution in [1.29, 1.82) is 0 Å². The standard InChI is InChI=1S/C10H8ClN3O4/c1-10(8(15)12-9(16)13-10)5-2-3-6(11)7(4-5)14(17)18/h2-4H,1H3,(H2,12,13,15,16)/t10-/m1/s1. The van der Waals surface area contributed by atoms with Crippen molar-refractivity contribution in [2.75, 3.05) is 0 Å². The molecule has 1 atom stereocenters. The Kier molecular flexibility index (Phi) is 2.70. The molecule has 3 amide bonds. The van der Waals surface area contributed by atoms with E-state index in [0.29, 0.717) is 5.56 Å². The molecule has 0 bridgehead atoms. The molecule has 0 aliphatic carbocycles. The Morgan fingerprint density at radius 3 is 2.56 bits per heavy atom. The van der Waals surface area contributed by atoms with Gasteiger partial charge in [0.1, 0.15) is 10.6 Å². The van der Waals surface area contributed by atoms with Gasteiger partial charge >= 0.3 is 6.03 Å². The lowest BCUT2D eigenvalue weighted by Crippen LogP contribution is -2.40. The Hall–Kier alpha value is -2.15. The number of nitro groups is 1. The second-order valence-electron chi connectivity index (χ2n) is 3.96. The number of urea groups is 1. The Morgan fingerprint density at radius 2 is 2.06 bits per heavy atom. The van der Waals surface area contributed by atoms with Crippen LogP contribution in [-0.4, -0.2) is 16.9 Å². The van der Waals surface area contributed by atoms with Gasteiger partial charge in [-0.1, -0.05) is 17.7 Å². The fourth-order valence-corrected chi connectivity index (χ4v) is 1.90. The third-order valence-corrected chi connectivity index (χ3v) is 3.08. The second kappa shape index (κ2) is 3.95. The van der Waals surface area contributed by atoms with Crippen molar-refractivity contribution in [3.63, 3.8) is 0 Å². The first-order chi connectivity index (χ1) is 8.34. The number of hydrogen-bond acceptors (Lipinski definition) is 4. The fourth-order valence-electron chi connectivity index (χ4n) is 1.71. The van der Waals surface area contributed by atoms with E-state index in [0.717, 1.165) is 0 Å². The minimum Gasteiger partial charge on any atom is -0.320 e. The van der Waals surface area contributed by atoms with Crippen LogP contribution in [0.15, 0.2) is 18.2 Å². The van der Waals surface area contributed by atoms with E-state index < -0.39 is 22.4 Å². The molecule has 94 valence electrons. The third-order valence-electron chi connectivity index (χ3n) is 2.76. The van der Waals surface area contributed by atoms with Gasteiger partial charge in [-0.05, 0) is 18.6 Å². The van der Waals surface area contributed by atoms with Gasteiger partial charge in [0.15, 0.2) is 0 Å². The summed E-state index contributed by atoms with van der Waals surface area (Å²) >= 11 is 5.68. The zero-order chi connectivity index (χ0) is 13.5. The number of imide groups is 1. The summed E-state index contributed by atoms with van der Waals surface area (Å²) in [5.74, 6) is -0.566. The molecule has 0 saturated carbocycles. The van der Waals surface area contributed by atoms with Gasteiger partial charge in [-0.3, -0.25) is 20.2 Å². The molecule has 0 spiro atoms. The molecule has 1 aromatic rings. The number of amides is 3. The van der Waals surface area contributed by atoms with E-state index >= 15 is 0 Å². The fraction of sp³-hybridized carbons (Fsp3) is 0.200. The molecule has 7 nitrogen and oxygen atoms in total. The summed E-state index contributed by atoms with van der Waals surface area (Å²) in [5.41, 5.74) is -1.35. The first-order valence-electron chi connectivity index (χ1n) is 4.92. The number of benzene rings is 1. The van der Waals surface area contributed by atoms with Crippen molar-refractivity contribution in [3.05, 3.63) is 38.9 Å². The number of rotatable bonds is 2. The van der Waals surface area contributed by atoms with E-state index in [9.17, 15) is 19.7 Å². The van der Waals surface area contributed by atoms with E-state index in [2.05, 4.69) is 10.6 Å². The van der Waals surface area contributed by atoms with E-state index in [-0.39, 0.29) is 10.7 Å². The number of carbonyl (C=O) groups excluding carboxylic acids is 2. The molecule has 1 heterocycles. The molecule has 0 aromatic heterocycles. The highest BCUT2D eigenvalue weighted by atomic mass is 35.5. The number of nitro benzene ring substituents is 1. The molecular weight excluding hydrogens is 262 g/mol. The lowest BCUT2D eigenvalue weighted by Gasteiger charge is -2.20. The van der Waals surface area contributed by atoms with Gasteiger partial charge in [0.2, 0.25) is 0 Å². The highest BCUT2D eigenvalue weighted by Gasteiger charge is 2.44. The van der Waals surface area contributed by atoms with Crippen LogP contribution < -0.4 is 10.6 Å². The first kappa shape index (κ1) is 12.3. The van der Waals surface area contributed by atoms with Crippen LogP contribution in [0.5, 0.6) is 0 Å². The molecule has 0 unspecified atom stereocenters. The summed E-state index contributed by atoms with van der Waals surface area (Å²) < 4.78 is 0. The van der Waals surface area contributed by atoms with Gasteiger partial charge in [-0.25, -0.2) is 4.79 Å². The van der Waals surface area contributed by atoms with Crippen LogP contribution in [0.25, 0.3) is 0 Å². The van der Waals surface area contributed by atoms with Crippen LogP contribution in [-0.2, 0) is 10.3 Å². The summed E-state index contributed by atoms with van der Waals surface area (Å²) in [4.78, 5) is 32.9. The molecule has 1 aliphatic heterocycles. The quantitative estimate of drug-likeness (QED) is 0.480. The molecule has 2 rings (SSSR count). The number of nitrogens with zero attached hydrogens (tertiary/aromatic N) is 1. The van der Waals surface area contributed by atoms with Crippen molar-refractivity contribution < 1.29 is 14.5 Å². The minimum atomic E-state index is -1.33. The van der Waals surface area contributed by atoms with Gasteiger partial charge in [-0.2, -0.15) is 0 Å². The molecule has 18 heavy (non-hydrogen) atoms. The summed E-state index contributed by atoms with van der Waals surface area (Å²) in [6.07, 6.45) is 0. The predicted molar refractivity (Wildman–Crippen MR) is 62.1 cm³/mol. The van der Waals surface area contributed by atoms with Gasteiger partial charge in [-0.15, -0.1) is 0 Å². The number of hydrogen-bond donors (Lipinski definition) is 2. The predicted octanol–water partition coefficient (Wildman–Crippen LogP) is 1.30. The summed E-state index contributed by atoms with van der Waals surface area (Å²) in [5, 5.41) is 15.2. The smallest absolute Gasteiger partial charge is 0.320 e. The maximum Gasteiger partial charge on any atom is 0.322 e. The van der Waals surface area contributed by atoms with Crippen LogP contribution in [0.3, 0.4) is 0 Å². The van der Waals surface area contributed by atoms with E-state index in [1.807, 2.05) is 0 Å². The van der Waals surface area contributed by atoms with Crippen molar-refractivity contribution in [3.8, 4) is 0 Å². The van der Waals surface area contributed by atoms with E-state index in [4.69, 9.17) is 11.6 Å². The van der Waals surface area contributed by atoms with Crippen molar-refractivity contribution >= 4 is 29.2 Å². The largest absolute Gasteiger partial charge is 0.322 e. The Bertz CT molecular complexity index is 574. The SMILES string of the molecule is C[C@]1(c2ccc(Cl)c([N+](=O)[O-])c2)NC(=O)NC1=O. The molecule has 8 heteroatoms. The van der Waals surface area contributed by atoms with Gasteiger partial charge in [0, 0.05) is 6.07 Å². The highest BCUT2D eigenvalue weighted by molar-refractivity contribution is 6.32. The zero-order valence-corrected chi connectivity index (χ0v) is 9.95. The lowest BCUT2D eigenvalue weighted by molar-refractivity contribution is -0.384. The molecule has 1 fully saturated rings. The number of carbonyl (C=O) groups is 2. The molecule has 1 saturated heterocycles. The van der Waals surface area contributed by atoms with Crippen LogP contribution in [0, 0.1) is 10.1 Å². The third kappa shape index (κ3) is 1.78. The Balaban J connectivity index is 2.52. The van der Waals surface area contributed by atoms with E-state index in [1.165, 1.54) is 25.1 Å². The zero-order valence-electron chi connectivity index (χ0n) is 9.19. The number of nitrogens with one attached hydrogen (secondary N) is 2. The van der Waals surface area contributed by atoms with Crippen LogP contribution in [0.1, 0.15) is 12.5 Å². The molecule has 0 radical (unpaired) electrons. The summed E-state index contributed by atoms with van der Waals surface area (Å²) in [6.45, 7) is 1.46. The van der Waals surface area contributed by atoms with E-state index in [1.54, 1.807) is 0 Å². The maximum atomic E-state index is 11.7. The van der Waals surface area contributed by atoms with Gasteiger partial charge < -0.3 is 5.32 Å². The monoisotopic (exact) mass is 269 g/mol. The Morgan fingerprint density at radius 1 is 1.39 bits per heavy atom. The van der Waals surface area contributed by atoms with Crippen LogP contribution in [0.4, 0.5) is 10.5 Å². The second-order valence-corrected chi connectivity index (χ2v) is 4.36. The molecular formula is C10H8ClN3O4. The lowest BCUT2D eigenvalue weighted by atomic mass is 9.92. The van der Waals surface area contributed by atoms with Crippen molar-refractivity contribution in [2.24, 2.45) is 0 Å².